The third kappa shape index (κ3) is 9.26. The summed E-state index contributed by atoms with van der Waals surface area (Å²) in [6.07, 6.45) is -4.34. The van der Waals surface area contributed by atoms with E-state index in [1.54, 1.807) is 0 Å². The van der Waals surface area contributed by atoms with Crippen LogP contribution in [0.4, 0.5) is 13.2 Å². The number of carbonyl (C=O) groups is 2. The van der Waals surface area contributed by atoms with Gasteiger partial charge in [-0.2, -0.15) is 13.2 Å². The van der Waals surface area contributed by atoms with Gasteiger partial charge in [0.2, 0.25) is 0 Å². The van der Waals surface area contributed by atoms with Gasteiger partial charge in [0.1, 0.15) is 12.4 Å². The largest absolute Gasteiger partial charge is 0.492 e. The zero-order valence-corrected chi connectivity index (χ0v) is 14.1. The lowest BCUT2D eigenvalue weighted by molar-refractivity contribution is -0.159. The fourth-order valence-corrected chi connectivity index (χ4v) is 1.83. The molecule has 0 fully saturated rings. The summed E-state index contributed by atoms with van der Waals surface area (Å²) in [6, 6.07) is 14.8. The van der Waals surface area contributed by atoms with Crippen LogP contribution in [0.25, 0.3) is 0 Å². The summed E-state index contributed by atoms with van der Waals surface area (Å²) in [5.74, 6) is -3.42. The van der Waals surface area contributed by atoms with E-state index in [1.807, 2.05) is 30.3 Å². The van der Waals surface area contributed by atoms with Crippen LogP contribution in [-0.2, 0) is 22.3 Å². The van der Waals surface area contributed by atoms with Crippen LogP contribution in [0.3, 0.4) is 0 Å². The zero-order chi connectivity index (χ0) is 20.3. The highest BCUT2D eigenvalue weighted by Gasteiger charge is 2.30. The Morgan fingerprint density at radius 1 is 0.963 bits per heavy atom. The van der Waals surface area contributed by atoms with Gasteiger partial charge in [-0.3, -0.25) is 0 Å². The number of carboxylic acids is 2. The van der Waals surface area contributed by atoms with Crippen molar-refractivity contribution in [3.8, 4) is 5.75 Å². The number of aliphatic carboxylic acids is 2. The molecule has 0 unspecified atom stereocenters. The van der Waals surface area contributed by atoms with E-state index >= 15 is 0 Å². The molecule has 0 heterocycles. The van der Waals surface area contributed by atoms with Crippen LogP contribution in [0.2, 0.25) is 0 Å². The molecule has 0 saturated carbocycles. The maximum Gasteiger partial charge on any atom is 0.416 e. The van der Waals surface area contributed by atoms with Crippen LogP contribution >= 0.6 is 0 Å². The summed E-state index contributed by atoms with van der Waals surface area (Å²) >= 11 is 0. The van der Waals surface area contributed by atoms with Gasteiger partial charge in [0.05, 0.1) is 5.56 Å². The third-order valence-corrected chi connectivity index (χ3v) is 3.06. The first-order valence-electron chi connectivity index (χ1n) is 7.71. The molecule has 3 N–H and O–H groups in total. The van der Waals surface area contributed by atoms with E-state index in [-0.39, 0.29) is 5.75 Å². The first-order valence-corrected chi connectivity index (χ1v) is 7.71. The van der Waals surface area contributed by atoms with E-state index in [0.717, 1.165) is 17.7 Å². The van der Waals surface area contributed by atoms with Gasteiger partial charge in [0.25, 0.3) is 0 Å². The second-order valence-corrected chi connectivity index (χ2v) is 5.15. The van der Waals surface area contributed by atoms with Crippen molar-refractivity contribution in [2.24, 2.45) is 0 Å². The lowest BCUT2D eigenvalue weighted by Gasteiger charge is -2.10. The van der Waals surface area contributed by atoms with Gasteiger partial charge in [0.15, 0.2) is 0 Å². The molecule has 0 atom stereocenters. The summed E-state index contributed by atoms with van der Waals surface area (Å²) in [7, 11) is 0. The smallest absolute Gasteiger partial charge is 0.416 e. The topological polar surface area (TPSA) is 95.9 Å². The second-order valence-electron chi connectivity index (χ2n) is 5.15. The van der Waals surface area contributed by atoms with Crippen molar-refractivity contribution in [2.45, 2.75) is 12.7 Å². The highest BCUT2D eigenvalue weighted by Crippen LogP contribution is 2.31. The van der Waals surface area contributed by atoms with E-state index in [0.29, 0.717) is 19.7 Å². The summed E-state index contributed by atoms with van der Waals surface area (Å²) in [5.41, 5.74) is 0.453. The van der Waals surface area contributed by atoms with Gasteiger partial charge in [-0.25, -0.2) is 9.59 Å². The van der Waals surface area contributed by atoms with Crippen LogP contribution in [-0.4, -0.2) is 35.3 Å². The Labute approximate surface area is 153 Å². The van der Waals surface area contributed by atoms with Crippen LogP contribution in [0.5, 0.6) is 5.75 Å². The highest BCUT2D eigenvalue weighted by molar-refractivity contribution is 6.27. The van der Waals surface area contributed by atoms with E-state index in [9.17, 15) is 13.2 Å². The SMILES string of the molecule is FC(F)(F)c1cccc(OCCNCc2ccccc2)c1.O=C(O)C(=O)O. The Morgan fingerprint density at radius 3 is 2.15 bits per heavy atom. The van der Waals surface area contributed by atoms with E-state index < -0.39 is 23.7 Å². The summed E-state index contributed by atoms with van der Waals surface area (Å²) in [4.78, 5) is 18.2. The molecule has 2 rings (SSSR count). The third-order valence-electron chi connectivity index (χ3n) is 3.06. The average Bonchev–Trinajstić information content (AvgIpc) is 2.62. The maximum atomic E-state index is 12.5. The molecule has 0 amide bonds. The van der Waals surface area contributed by atoms with Crippen molar-refractivity contribution in [1.82, 2.24) is 5.32 Å². The number of hydrogen-bond donors (Lipinski definition) is 3. The molecule has 2 aromatic carbocycles. The molecule has 0 aliphatic heterocycles. The molecule has 2 aromatic rings. The molecule has 27 heavy (non-hydrogen) atoms. The molecule has 0 aliphatic carbocycles. The Morgan fingerprint density at radius 2 is 1.59 bits per heavy atom. The van der Waals surface area contributed by atoms with E-state index in [2.05, 4.69) is 5.32 Å². The minimum atomic E-state index is -4.34. The van der Waals surface area contributed by atoms with Crippen LogP contribution < -0.4 is 10.1 Å². The molecule has 0 bridgehead atoms. The normalized spacial score (nSPS) is 10.5. The first-order chi connectivity index (χ1) is 12.7. The quantitative estimate of drug-likeness (QED) is 0.523. The van der Waals surface area contributed by atoms with Crippen molar-refractivity contribution in [3.05, 3.63) is 65.7 Å². The zero-order valence-electron chi connectivity index (χ0n) is 14.1. The standard InChI is InChI=1S/C16H16F3NO.C2H2O4/c17-16(18,19)14-7-4-8-15(11-14)21-10-9-20-12-13-5-2-1-3-6-13;3-1(4)2(5)6/h1-8,11,20H,9-10,12H2;(H,3,4)(H,5,6). The van der Waals surface area contributed by atoms with Crippen molar-refractivity contribution >= 4 is 11.9 Å². The highest BCUT2D eigenvalue weighted by atomic mass is 19.4. The average molecular weight is 385 g/mol. The number of carboxylic acid groups (broad SMARTS) is 2. The van der Waals surface area contributed by atoms with Crippen molar-refractivity contribution in [3.63, 3.8) is 0 Å². The molecule has 6 nitrogen and oxygen atoms in total. The fourth-order valence-electron chi connectivity index (χ4n) is 1.83. The second kappa shape index (κ2) is 10.8. The number of ether oxygens (including phenoxy) is 1. The molecule has 0 saturated heterocycles. The number of nitrogens with one attached hydrogen (secondary N) is 1. The predicted octanol–water partition coefficient (Wildman–Crippen LogP) is 3.03. The summed E-state index contributed by atoms with van der Waals surface area (Å²) in [5, 5.41) is 18.0. The molecule has 9 heteroatoms. The molecule has 146 valence electrons. The number of halogens is 3. The number of benzene rings is 2. The van der Waals surface area contributed by atoms with Gasteiger partial charge < -0.3 is 20.3 Å². The van der Waals surface area contributed by atoms with E-state index in [1.165, 1.54) is 12.1 Å². The minimum absolute atomic E-state index is 0.228. The fraction of sp³-hybridized carbons (Fsp3) is 0.222. The van der Waals surface area contributed by atoms with Gasteiger partial charge in [-0.05, 0) is 23.8 Å². The summed E-state index contributed by atoms with van der Waals surface area (Å²) in [6.45, 7) is 1.58. The van der Waals surface area contributed by atoms with E-state index in [4.69, 9.17) is 24.5 Å². The monoisotopic (exact) mass is 385 g/mol. The van der Waals surface area contributed by atoms with Gasteiger partial charge in [-0.1, -0.05) is 36.4 Å². The number of hydrogen-bond acceptors (Lipinski definition) is 4. The molecular formula is C18H18F3NO5. The molecule has 0 aromatic heterocycles. The predicted molar refractivity (Wildman–Crippen MR) is 90.4 cm³/mol. The van der Waals surface area contributed by atoms with Crippen LogP contribution in [0, 0.1) is 0 Å². The van der Waals surface area contributed by atoms with Gasteiger partial charge in [0, 0.05) is 13.1 Å². The van der Waals surface area contributed by atoms with Gasteiger partial charge in [-0.15, -0.1) is 0 Å². The Hall–Kier alpha value is -3.07. The molecule has 0 radical (unpaired) electrons. The van der Waals surface area contributed by atoms with Gasteiger partial charge >= 0.3 is 18.1 Å². The maximum absolute atomic E-state index is 12.5. The molecule has 0 aliphatic rings. The molecule has 0 spiro atoms. The Kier molecular flexibility index (Phi) is 8.80. The number of alkyl halides is 3. The molecular weight excluding hydrogens is 367 g/mol. The number of rotatable bonds is 6. The first kappa shape index (κ1) is 22.0. The Balaban J connectivity index is 0.000000527. The minimum Gasteiger partial charge on any atom is -0.492 e. The lowest BCUT2D eigenvalue weighted by atomic mass is 10.2. The van der Waals surface area contributed by atoms with Crippen molar-refractivity contribution in [1.29, 1.82) is 0 Å². The summed E-state index contributed by atoms with van der Waals surface area (Å²) < 4.78 is 42.9. The lowest BCUT2D eigenvalue weighted by Crippen LogP contribution is -2.20. The van der Waals surface area contributed by atoms with Crippen molar-refractivity contribution in [2.75, 3.05) is 13.2 Å². The van der Waals surface area contributed by atoms with Crippen LogP contribution in [0.1, 0.15) is 11.1 Å². The van der Waals surface area contributed by atoms with Crippen LogP contribution in [0.15, 0.2) is 54.6 Å². The van der Waals surface area contributed by atoms with Crippen molar-refractivity contribution < 1.29 is 37.7 Å². The Bertz CT molecular complexity index is 723.